The van der Waals surface area contributed by atoms with Gasteiger partial charge in [0.2, 0.25) is 5.95 Å². The summed E-state index contributed by atoms with van der Waals surface area (Å²) >= 11 is 0. The topological polar surface area (TPSA) is 78.5 Å². The fourth-order valence-electron chi connectivity index (χ4n) is 1.37. The highest BCUT2D eigenvalue weighted by Crippen LogP contribution is 2.18. The van der Waals surface area contributed by atoms with Crippen molar-refractivity contribution in [3.05, 3.63) is 6.33 Å². The third-order valence-electron chi connectivity index (χ3n) is 2.19. The second-order valence-corrected chi connectivity index (χ2v) is 4.02. The monoisotopic (exact) mass is 220 g/mol. The van der Waals surface area contributed by atoms with E-state index in [2.05, 4.69) is 44.4 Å². The van der Waals surface area contributed by atoms with Crippen LogP contribution in [-0.2, 0) is 0 Å². The first kappa shape index (κ1) is 10.7. The molecule has 0 aromatic carbocycles. The molecule has 2 heterocycles. The largest absolute Gasteiger partial charge is 0.368 e. The maximum Gasteiger partial charge on any atom is 0.226 e. The summed E-state index contributed by atoms with van der Waals surface area (Å²) in [6, 6.07) is 0. The average Bonchev–Trinajstić information content (AvgIpc) is 2.73. The number of nitrogens with one attached hydrogen (secondary N) is 3. The number of rotatable bonds is 4. The van der Waals surface area contributed by atoms with Crippen molar-refractivity contribution >= 4 is 22.9 Å². The van der Waals surface area contributed by atoms with E-state index in [1.165, 1.54) is 0 Å². The Morgan fingerprint density at radius 1 is 1.38 bits per heavy atom. The summed E-state index contributed by atoms with van der Waals surface area (Å²) in [5.74, 6) is 1.93. The average molecular weight is 220 g/mol. The Labute approximate surface area is 93.9 Å². The highest BCUT2D eigenvalue weighted by Gasteiger charge is 2.08. The molecule has 3 N–H and O–H groups in total. The minimum atomic E-state index is 0.561. The number of fused-ring (bicyclic) bond motifs is 1. The van der Waals surface area contributed by atoms with Crippen LogP contribution in [0, 0.1) is 5.92 Å². The van der Waals surface area contributed by atoms with Gasteiger partial charge >= 0.3 is 0 Å². The van der Waals surface area contributed by atoms with Crippen molar-refractivity contribution in [3.8, 4) is 0 Å². The summed E-state index contributed by atoms with van der Waals surface area (Å²) < 4.78 is 0. The van der Waals surface area contributed by atoms with Gasteiger partial charge in [-0.3, -0.25) is 0 Å². The molecule has 2 aromatic rings. The quantitative estimate of drug-likeness (QED) is 0.727. The minimum absolute atomic E-state index is 0.561. The van der Waals surface area contributed by atoms with Crippen molar-refractivity contribution in [3.63, 3.8) is 0 Å². The van der Waals surface area contributed by atoms with Gasteiger partial charge in [0.15, 0.2) is 11.5 Å². The van der Waals surface area contributed by atoms with Crippen LogP contribution in [0.1, 0.15) is 13.8 Å². The second kappa shape index (κ2) is 4.34. The first-order chi connectivity index (χ1) is 7.70. The zero-order valence-electron chi connectivity index (χ0n) is 9.70. The number of hydrogen-bond donors (Lipinski definition) is 3. The molecule has 0 bridgehead atoms. The van der Waals surface area contributed by atoms with E-state index in [9.17, 15) is 0 Å². The van der Waals surface area contributed by atoms with E-state index < -0.39 is 0 Å². The smallest absolute Gasteiger partial charge is 0.226 e. The lowest BCUT2D eigenvalue weighted by molar-refractivity contribution is 0.687. The molecule has 2 rings (SSSR count). The molecule has 0 atom stereocenters. The van der Waals surface area contributed by atoms with Gasteiger partial charge in [-0.25, -0.2) is 4.98 Å². The first-order valence-corrected chi connectivity index (χ1v) is 5.33. The third-order valence-corrected chi connectivity index (χ3v) is 2.19. The van der Waals surface area contributed by atoms with Gasteiger partial charge in [-0.05, 0) is 5.92 Å². The van der Waals surface area contributed by atoms with Crippen LogP contribution in [-0.4, -0.2) is 33.5 Å². The normalized spacial score (nSPS) is 11.0. The summed E-state index contributed by atoms with van der Waals surface area (Å²) in [6.07, 6.45) is 1.62. The number of anilines is 2. The van der Waals surface area contributed by atoms with Gasteiger partial charge in [-0.2, -0.15) is 9.97 Å². The van der Waals surface area contributed by atoms with Crippen LogP contribution < -0.4 is 10.6 Å². The molecule has 0 spiro atoms. The molecule has 0 aliphatic heterocycles. The van der Waals surface area contributed by atoms with Gasteiger partial charge in [-0.15, -0.1) is 0 Å². The molecule has 0 radical (unpaired) electrons. The van der Waals surface area contributed by atoms with Gasteiger partial charge in [0.1, 0.15) is 5.52 Å². The van der Waals surface area contributed by atoms with E-state index in [0.717, 1.165) is 17.9 Å². The maximum atomic E-state index is 4.36. The molecule has 0 aliphatic rings. The van der Waals surface area contributed by atoms with Crippen LogP contribution in [0.5, 0.6) is 0 Å². The lowest BCUT2D eigenvalue weighted by atomic mass is 10.2. The summed E-state index contributed by atoms with van der Waals surface area (Å²) in [6.45, 7) is 5.17. The van der Waals surface area contributed by atoms with Crippen molar-refractivity contribution in [1.29, 1.82) is 0 Å². The molecule has 0 amide bonds. The Balaban J connectivity index is 2.36. The van der Waals surface area contributed by atoms with Gasteiger partial charge in [0, 0.05) is 13.6 Å². The Morgan fingerprint density at radius 3 is 2.88 bits per heavy atom. The fourth-order valence-corrected chi connectivity index (χ4v) is 1.37. The van der Waals surface area contributed by atoms with E-state index in [1.807, 2.05) is 0 Å². The second-order valence-electron chi connectivity index (χ2n) is 4.02. The predicted octanol–water partition coefficient (Wildman–Crippen LogP) is 1.46. The van der Waals surface area contributed by atoms with E-state index >= 15 is 0 Å². The lowest BCUT2D eigenvalue weighted by Crippen LogP contribution is -2.11. The maximum absolute atomic E-state index is 4.36. The highest BCUT2D eigenvalue weighted by atomic mass is 15.2. The molecule has 0 saturated carbocycles. The molecular weight excluding hydrogens is 204 g/mol. The summed E-state index contributed by atoms with van der Waals surface area (Å²) in [5.41, 5.74) is 1.52. The standard InChI is InChI=1S/C10H16N6/c1-6(2)4-12-8-7-9(14-5-13-7)16-10(11-3)15-8/h5-6H,4H2,1-3H3,(H3,11,12,13,14,15,16). The predicted molar refractivity (Wildman–Crippen MR) is 64.6 cm³/mol. The van der Waals surface area contributed by atoms with E-state index in [0.29, 0.717) is 17.5 Å². The SMILES string of the molecule is CNc1nc(NCC(C)C)c2[nH]cnc2n1. The van der Waals surface area contributed by atoms with Crippen LogP contribution in [0.2, 0.25) is 0 Å². The molecule has 0 saturated heterocycles. The van der Waals surface area contributed by atoms with Gasteiger partial charge in [0.25, 0.3) is 0 Å². The number of aromatic amines is 1. The van der Waals surface area contributed by atoms with Crippen LogP contribution >= 0.6 is 0 Å². The molecule has 2 aromatic heterocycles. The van der Waals surface area contributed by atoms with Crippen LogP contribution in [0.15, 0.2) is 6.33 Å². The van der Waals surface area contributed by atoms with E-state index in [1.54, 1.807) is 13.4 Å². The third kappa shape index (κ3) is 2.05. The highest BCUT2D eigenvalue weighted by molar-refractivity contribution is 5.83. The Morgan fingerprint density at radius 2 is 2.19 bits per heavy atom. The van der Waals surface area contributed by atoms with Gasteiger partial charge in [-0.1, -0.05) is 13.8 Å². The number of aromatic nitrogens is 4. The fraction of sp³-hybridized carbons (Fsp3) is 0.500. The Hall–Kier alpha value is -1.85. The number of H-pyrrole nitrogens is 1. The van der Waals surface area contributed by atoms with Crippen molar-refractivity contribution < 1.29 is 0 Å². The molecule has 0 unspecified atom stereocenters. The van der Waals surface area contributed by atoms with Crippen molar-refractivity contribution in [1.82, 2.24) is 19.9 Å². The zero-order chi connectivity index (χ0) is 11.5. The summed E-state index contributed by atoms with van der Waals surface area (Å²) in [7, 11) is 1.79. The van der Waals surface area contributed by atoms with Gasteiger partial charge < -0.3 is 15.6 Å². The lowest BCUT2D eigenvalue weighted by Gasteiger charge is -2.09. The van der Waals surface area contributed by atoms with Crippen LogP contribution in [0.4, 0.5) is 11.8 Å². The first-order valence-electron chi connectivity index (χ1n) is 5.33. The summed E-state index contributed by atoms with van der Waals surface area (Å²) in [5, 5.41) is 6.21. The van der Waals surface area contributed by atoms with Crippen molar-refractivity contribution in [2.45, 2.75) is 13.8 Å². The summed E-state index contributed by atoms with van der Waals surface area (Å²) in [4.78, 5) is 15.8. The molecule has 0 fully saturated rings. The molecule has 86 valence electrons. The molecule has 6 heteroatoms. The minimum Gasteiger partial charge on any atom is -0.368 e. The molecular formula is C10H16N6. The van der Waals surface area contributed by atoms with E-state index in [-0.39, 0.29) is 0 Å². The van der Waals surface area contributed by atoms with Crippen molar-refractivity contribution in [2.75, 3.05) is 24.2 Å². The number of hydrogen-bond acceptors (Lipinski definition) is 5. The molecule has 6 nitrogen and oxygen atoms in total. The van der Waals surface area contributed by atoms with E-state index in [4.69, 9.17) is 0 Å². The Bertz CT molecular complexity index is 475. The van der Waals surface area contributed by atoms with Crippen LogP contribution in [0.3, 0.4) is 0 Å². The van der Waals surface area contributed by atoms with Gasteiger partial charge in [0.05, 0.1) is 6.33 Å². The Kier molecular flexibility index (Phi) is 2.89. The number of imidazole rings is 1. The number of nitrogens with zero attached hydrogens (tertiary/aromatic N) is 3. The van der Waals surface area contributed by atoms with Crippen molar-refractivity contribution in [2.24, 2.45) is 5.92 Å². The molecule has 16 heavy (non-hydrogen) atoms. The zero-order valence-corrected chi connectivity index (χ0v) is 9.70. The van der Waals surface area contributed by atoms with Crippen LogP contribution in [0.25, 0.3) is 11.2 Å². The molecule has 0 aliphatic carbocycles.